The molecule has 1 saturated heterocycles. The first-order valence-corrected chi connectivity index (χ1v) is 7.07. The average molecular weight is 253 g/mol. The van der Waals surface area contributed by atoms with E-state index in [1.165, 1.54) is 12.2 Å². The van der Waals surface area contributed by atoms with Crippen molar-refractivity contribution < 1.29 is 9.84 Å². The lowest BCUT2D eigenvalue weighted by molar-refractivity contribution is 0.404. The molecule has 1 fully saturated rings. The third-order valence-corrected chi connectivity index (χ3v) is 4.28. The summed E-state index contributed by atoms with van der Waals surface area (Å²) in [6.07, 6.45) is 1.21. The minimum atomic E-state index is 0.147. The number of nitrogens with one attached hydrogen (secondary N) is 1. The van der Waals surface area contributed by atoms with Gasteiger partial charge in [0.1, 0.15) is 11.5 Å². The summed E-state index contributed by atoms with van der Waals surface area (Å²) in [5.41, 5.74) is 0.904. The van der Waals surface area contributed by atoms with Gasteiger partial charge in [-0.2, -0.15) is 11.8 Å². The Kier molecular flexibility index (Phi) is 4.18. The molecule has 3 nitrogen and oxygen atoms in total. The maximum absolute atomic E-state index is 9.87. The number of ether oxygens (including phenoxy) is 1. The molecule has 0 aliphatic carbocycles. The van der Waals surface area contributed by atoms with E-state index in [1.807, 2.05) is 17.8 Å². The van der Waals surface area contributed by atoms with E-state index in [0.29, 0.717) is 11.8 Å². The molecular formula is C13H19NO2S. The number of hydrogen-bond acceptors (Lipinski definition) is 4. The second-order valence-corrected chi connectivity index (χ2v) is 5.52. The quantitative estimate of drug-likeness (QED) is 0.865. The van der Waals surface area contributed by atoms with Crippen LogP contribution in [0.4, 0.5) is 0 Å². The molecule has 2 rings (SSSR count). The highest BCUT2D eigenvalue weighted by atomic mass is 32.2. The number of benzene rings is 1. The van der Waals surface area contributed by atoms with Crippen LogP contribution in [0, 0.1) is 0 Å². The lowest BCUT2D eigenvalue weighted by atomic mass is 10.1. The number of rotatable bonds is 4. The maximum Gasteiger partial charge on any atom is 0.120 e. The van der Waals surface area contributed by atoms with Gasteiger partial charge in [0.05, 0.1) is 7.11 Å². The Morgan fingerprint density at radius 3 is 3.00 bits per heavy atom. The third kappa shape index (κ3) is 3.07. The first-order chi connectivity index (χ1) is 8.20. The van der Waals surface area contributed by atoms with Gasteiger partial charge in [-0.15, -0.1) is 0 Å². The summed E-state index contributed by atoms with van der Waals surface area (Å²) in [6, 6.07) is 6.07. The average Bonchev–Trinajstić information content (AvgIpc) is 2.82. The molecule has 1 aromatic rings. The predicted molar refractivity (Wildman–Crippen MR) is 71.9 cm³/mol. The van der Waals surface area contributed by atoms with Crippen LogP contribution in [-0.2, 0) is 0 Å². The highest BCUT2D eigenvalue weighted by molar-refractivity contribution is 7.99. The Morgan fingerprint density at radius 2 is 2.35 bits per heavy atom. The van der Waals surface area contributed by atoms with E-state index in [1.54, 1.807) is 19.2 Å². The summed E-state index contributed by atoms with van der Waals surface area (Å²) in [6.45, 7) is 2.08. The molecule has 2 N–H and O–H groups in total. The summed E-state index contributed by atoms with van der Waals surface area (Å²) >= 11 is 1.98. The van der Waals surface area contributed by atoms with Gasteiger partial charge in [0.15, 0.2) is 0 Å². The number of methoxy groups -OCH3 is 1. The van der Waals surface area contributed by atoms with Crippen molar-refractivity contribution in [3.05, 3.63) is 23.8 Å². The van der Waals surface area contributed by atoms with Gasteiger partial charge in [0, 0.05) is 23.4 Å². The SMILES string of the molecule is COc1ccc(O)c(C(C)NC2CCSC2)c1. The van der Waals surface area contributed by atoms with Gasteiger partial charge in [0.25, 0.3) is 0 Å². The minimum absolute atomic E-state index is 0.147. The van der Waals surface area contributed by atoms with Crippen molar-refractivity contribution in [1.29, 1.82) is 0 Å². The molecule has 0 radical (unpaired) electrons. The second kappa shape index (κ2) is 5.65. The second-order valence-electron chi connectivity index (χ2n) is 4.37. The van der Waals surface area contributed by atoms with Crippen molar-refractivity contribution >= 4 is 11.8 Å². The molecule has 4 heteroatoms. The van der Waals surface area contributed by atoms with Crippen molar-refractivity contribution in [1.82, 2.24) is 5.32 Å². The van der Waals surface area contributed by atoms with Crippen LogP contribution in [0.1, 0.15) is 24.9 Å². The highest BCUT2D eigenvalue weighted by Gasteiger charge is 2.19. The third-order valence-electron chi connectivity index (χ3n) is 3.12. The molecule has 94 valence electrons. The minimum Gasteiger partial charge on any atom is -0.508 e. The van der Waals surface area contributed by atoms with Crippen LogP contribution in [0.15, 0.2) is 18.2 Å². The molecule has 0 bridgehead atoms. The van der Waals surface area contributed by atoms with Crippen molar-refractivity contribution in [2.45, 2.75) is 25.4 Å². The van der Waals surface area contributed by atoms with Crippen LogP contribution >= 0.6 is 11.8 Å². The molecule has 0 amide bonds. The number of thioether (sulfide) groups is 1. The van der Waals surface area contributed by atoms with Crippen molar-refractivity contribution in [3.63, 3.8) is 0 Å². The fourth-order valence-corrected chi connectivity index (χ4v) is 3.28. The zero-order chi connectivity index (χ0) is 12.3. The molecule has 2 atom stereocenters. The van der Waals surface area contributed by atoms with Gasteiger partial charge < -0.3 is 15.2 Å². The Labute approximate surface area is 107 Å². The van der Waals surface area contributed by atoms with E-state index in [2.05, 4.69) is 12.2 Å². The Morgan fingerprint density at radius 1 is 1.53 bits per heavy atom. The first-order valence-electron chi connectivity index (χ1n) is 5.91. The lowest BCUT2D eigenvalue weighted by Crippen LogP contribution is -2.31. The molecular weight excluding hydrogens is 234 g/mol. The predicted octanol–water partition coefficient (Wildman–Crippen LogP) is 2.56. The van der Waals surface area contributed by atoms with E-state index in [9.17, 15) is 5.11 Å². The number of phenols is 1. The van der Waals surface area contributed by atoms with E-state index >= 15 is 0 Å². The topological polar surface area (TPSA) is 41.5 Å². The summed E-state index contributed by atoms with van der Waals surface area (Å²) in [4.78, 5) is 0. The zero-order valence-electron chi connectivity index (χ0n) is 10.3. The Balaban J connectivity index is 2.08. The molecule has 1 aliphatic heterocycles. The standard InChI is InChI=1S/C13H19NO2S/c1-9(14-10-5-6-17-8-10)12-7-11(16-2)3-4-13(12)15/h3-4,7,9-10,14-15H,5-6,8H2,1-2H3. The molecule has 2 unspecified atom stereocenters. The normalized spacial score (nSPS) is 21.4. The van der Waals surface area contributed by atoms with Crippen LogP contribution in [-0.4, -0.2) is 29.8 Å². The van der Waals surface area contributed by atoms with Crippen LogP contribution in [0.3, 0.4) is 0 Å². The summed E-state index contributed by atoms with van der Waals surface area (Å²) in [7, 11) is 1.64. The van der Waals surface area contributed by atoms with Gasteiger partial charge >= 0.3 is 0 Å². The van der Waals surface area contributed by atoms with Gasteiger partial charge in [-0.1, -0.05) is 0 Å². The van der Waals surface area contributed by atoms with Crippen molar-refractivity contribution in [2.75, 3.05) is 18.6 Å². The summed E-state index contributed by atoms with van der Waals surface area (Å²) in [5.74, 6) is 3.51. The summed E-state index contributed by atoms with van der Waals surface area (Å²) < 4.78 is 5.19. The molecule has 0 spiro atoms. The highest BCUT2D eigenvalue weighted by Crippen LogP contribution is 2.29. The van der Waals surface area contributed by atoms with Crippen LogP contribution in [0.2, 0.25) is 0 Å². The monoisotopic (exact) mass is 253 g/mol. The number of phenolic OH excluding ortho intramolecular Hbond substituents is 1. The van der Waals surface area contributed by atoms with E-state index in [-0.39, 0.29) is 6.04 Å². The largest absolute Gasteiger partial charge is 0.508 e. The van der Waals surface area contributed by atoms with Gasteiger partial charge in [0.2, 0.25) is 0 Å². The Bertz CT molecular complexity index is 378. The van der Waals surface area contributed by atoms with Gasteiger partial charge in [-0.3, -0.25) is 0 Å². The number of aromatic hydroxyl groups is 1. The van der Waals surface area contributed by atoms with E-state index < -0.39 is 0 Å². The van der Waals surface area contributed by atoms with Crippen LogP contribution < -0.4 is 10.1 Å². The molecule has 17 heavy (non-hydrogen) atoms. The van der Waals surface area contributed by atoms with E-state index in [4.69, 9.17) is 4.74 Å². The molecule has 0 aromatic heterocycles. The zero-order valence-corrected chi connectivity index (χ0v) is 11.1. The lowest BCUT2D eigenvalue weighted by Gasteiger charge is -2.20. The molecule has 0 saturated carbocycles. The molecule has 1 heterocycles. The van der Waals surface area contributed by atoms with Crippen LogP contribution in [0.5, 0.6) is 11.5 Å². The molecule has 1 aliphatic rings. The van der Waals surface area contributed by atoms with Gasteiger partial charge in [-0.05, 0) is 37.3 Å². The molecule has 1 aromatic carbocycles. The smallest absolute Gasteiger partial charge is 0.120 e. The maximum atomic E-state index is 9.87. The van der Waals surface area contributed by atoms with Gasteiger partial charge in [-0.25, -0.2) is 0 Å². The van der Waals surface area contributed by atoms with E-state index in [0.717, 1.165) is 17.1 Å². The van der Waals surface area contributed by atoms with Crippen molar-refractivity contribution in [2.24, 2.45) is 0 Å². The first kappa shape index (κ1) is 12.6. The van der Waals surface area contributed by atoms with Crippen molar-refractivity contribution in [3.8, 4) is 11.5 Å². The fraction of sp³-hybridized carbons (Fsp3) is 0.538. The number of hydrogen-bond donors (Lipinski definition) is 2. The summed E-state index contributed by atoms with van der Waals surface area (Å²) in [5, 5.41) is 13.4. The van der Waals surface area contributed by atoms with Crippen LogP contribution in [0.25, 0.3) is 0 Å². The fourth-order valence-electron chi connectivity index (χ4n) is 2.12. The Hall–Kier alpha value is -0.870.